The van der Waals surface area contributed by atoms with Crippen molar-refractivity contribution in [3.05, 3.63) is 64.7 Å². The van der Waals surface area contributed by atoms with Crippen LogP contribution < -0.4 is 16.4 Å². The van der Waals surface area contributed by atoms with E-state index in [2.05, 4.69) is 10.6 Å². The number of carbonyl (C=O) groups is 4. The zero-order chi connectivity index (χ0) is 28.6. The number of nitrogens with one attached hydrogen (secondary N) is 2. The van der Waals surface area contributed by atoms with Gasteiger partial charge in [0.1, 0.15) is 17.7 Å². The van der Waals surface area contributed by atoms with Crippen molar-refractivity contribution in [3.8, 4) is 0 Å². The summed E-state index contributed by atoms with van der Waals surface area (Å²) < 4.78 is 5.26. The first kappa shape index (κ1) is 30.3. The number of hydrogen-bond donors (Lipinski definition) is 4. The first-order valence-corrected chi connectivity index (χ1v) is 12.4. The molecule has 0 heterocycles. The second-order valence-corrected chi connectivity index (χ2v) is 10.1. The number of anilines is 1. The van der Waals surface area contributed by atoms with Gasteiger partial charge in [-0.15, -0.1) is 0 Å². The Bertz CT molecular complexity index is 1150. The number of benzene rings is 2. The predicted molar refractivity (Wildman–Crippen MR) is 144 cm³/mol. The highest BCUT2D eigenvalue weighted by atomic mass is 16.6. The molecule has 0 aliphatic rings. The molecule has 206 valence electrons. The first-order chi connectivity index (χ1) is 17.7. The molecule has 38 heavy (non-hydrogen) atoms. The third-order valence-electron chi connectivity index (χ3n) is 5.80. The third-order valence-corrected chi connectivity index (χ3v) is 5.80. The lowest BCUT2D eigenvalue weighted by Crippen LogP contribution is -2.54. The Balaban J connectivity index is 2.59. The van der Waals surface area contributed by atoms with E-state index in [9.17, 15) is 24.3 Å². The number of nitrogens with zero attached hydrogens (tertiary/aromatic N) is 1. The smallest absolute Gasteiger partial charge is 0.408 e. The number of ether oxygens (including phenoxy) is 1. The quantitative estimate of drug-likeness (QED) is 0.374. The molecule has 0 radical (unpaired) electrons. The van der Waals surface area contributed by atoms with E-state index in [1.807, 2.05) is 51.1 Å². The van der Waals surface area contributed by atoms with Crippen LogP contribution in [0.1, 0.15) is 55.5 Å². The van der Waals surface area contributed by atoms with Crippen LogP contribution in [-0.4, -0.2) is 58.6 Å². The number of nitrogens with two attached hydrogens (primary N) is 1. The highest BCUT2D eigenvalue weighted by Crippen LogP contribution is 2.30. The summed E-state index contributed by atoms with van der Waals surface area (Å²) in [6.45, 7) is 9.72. The molecule has 2 aromatic carbocycles. The molecule has 0 saturated heterocycles. The van der Waals surface area contributed by atoms with E-state index in [1.165, 1.54) is 0 Å². The van der Waals surface area contributed by atoms with Crippen molar-refractivity contribution in [1.82, 2.24) is 10.2 Å². The topological polar surface area (TPSA) is 151 Å². The van der Waals surface area contributed by atoms with Crippen molar-refractivity contribution in [3.63, 3.8) is 0 Å². The van der Waals surface area contributed by atoms with Gasteiger partial charge in [-0.25, -0.2) is 4.79 Å². The fourth-order valence-electron chi connectivity index (χ4n) is 4.13. The van der Waals surface area contributed by atoms with E-state index in [0.29, 0.717) is 11.3 Å². The molecule has 2 atom stereocenters. The molecule has 0 saturated carbocycles. The third kappa shape index (κ3) is 8.31. The summed E-state index contributed by atoms with van der Waals surface area (Å²) in [5, 5.41) is 15.2. The Morgan fingerprint density at radius 3 is 2.08 bits per heavy atom. The van der Waals surface area contributed by atoms with Gasteiger partial charge >= 0.3 is 6.09 Å². The van der Waals surface area contributed by atoms with Gasteiger partial charge in [0.25, 0.3) is 5.91 Å². The summed E-state index contributed by atoms with van der Waals surface area (Å²) in [7, 11) is 0. The molecule has 0 aliphatic carbocycles. The maximum atomic E-state index is 13.9. The lowest BCUT2D eigenvalue weighted by molar-refractivity contribution is -0.142. The number of amides is 4. The van der Waals surface area contributed by atoms with E-state index in [1.54, 1.807) is 32.9 Å². The zero-order valence-electron chi connectivity index (χ0n) is 22.8. The Labute approximate surface area is 223 Å². The van der Waals surface area contributed by atoms with Gasteiger partial charge in [-0.2, -0.15) is 0 Å². The molecule has 10 heteroatoms. The largest absolute Gasteiger partial charge is 0.444 e. The molecule has 10 nitrogen and oxygen atoms in total. The highest BCUT2D eigenvalue weighted by molar-refractivity contribution is 6.00. The molecular formula is C28H38N4O6. The number of aryl methyl sites for hydroxylation is 3. The van der Waals surface area contributed by atoms with Crippen molar-refractivity contribution in [2.24, 2.45) is 5.73 Å². The second-order valence-electron chi connectivity index (χ2n) is 10.1. The molecular weight excluding hydrogens is 488 g/mol. The summed E-state index contributed by atoms with van der Waals surface area (Å²) in [6.07, 6.45) is -1.45. The Hall–Kier alpha value is -3.92. The molecule has 2 aromatic rings. The second kappa shape index (κ2) is 13.0. The molecule has 0 fully saturated rings. The lowest BCUT2D eigenvalue weighted by Gasteiger charge is -2.35. The maximum Gasteiger partial charge on any atom is 0.408 e. The van der Waals surface area contributed by atoms with Crippen molar-refractivity contribution >= 4 is 29.5 Å². The normalized spacial score (nSPS) is 12.7. The average Bonchev–Trinajstić information content (AvgIpc) is 2.79. The summed E-state index contributed by atoms with van der Waals surface area (Å²) in [4.78, 5) is 53.3. The van der Waals surface area contributed by atoms with Crippen LogP contribution in [0.15, 0.2) is 42.5 Å². The molecule has 0 bridgehead atoms. The summed E-state index contributed by atoms with van der Waals surface area (Å²) in [5.74, 6) is -2.12. The van der Waals surface area contributed by atoms with E-state index in [-0.39, 0.29) is 6.54 Å². The SMILES string of the molecule is Cc1ccccc1NC(=O)C(c1c(C)cccc1C)N(CCO)C(=O)C(CC(N)=O)NC(=O)OC(C)(C)C. The van der Waals surface area contributed by atoms with E-state index >= 15 is 0 Å². The molecule has 5 N–H and O–H groups in total. The highest BCUT2D eigenvalue weighted by Gasteiger charge is 2.38. The summed E-state index contributed by atoms with van der Waals surface area (Å²) in [6, 6.07) is 10.1. The molecule has 4 amide bonds. The van der Waals surface area contributed by atoms with Crippen LogP contribution >= 0.6 is 0 Å². The standard InChI is InChI=1S/C28H38N4O6/c1-17-10-7-8-13-20(17)30-25(35)24(23-18(2)11-9-12-19(23)3)32(14-15-33)26(36)21(16-22(29)34)31-27(37)38-28(4,5)6/h7-13,21,24,33H,14-16H2,1-6H3,(H2,29,34)(H,30,35)(H,31,37). The zero-order valence-corrected chi connectivity index (χ0v) is 22.8. The first-order valence-electron chi connectivity index (χ1n) is 12.4. The number of aliphatic hydroxyl groups is 1. The van der Waals surface area contributed by atoms with Crippen molar-refractivity contribution in [1.29, 1.82) is 0 Å². The minimum atomic E-state index is -1.42. The van der Waals surface area contributed by atoms with Crippen LogP contribution in [0.25, 0.3) is 0 Å². The van der Waals surface area contributed by atoms with Gasteiger partial charge in [-0.3, -0.25) is 14.4 Å². The fourth-order valence-corrected chi connectivity index (χ4v) is 4.13. The van der Waals surface area contributed by atoms with Crippen LogP contribution in [0.4, 0.5) is 10.5 Å². The van der Waals surface area contributed by atoms with E-state index < -0.39 is 54.5 Å². The van der Waals surface area contributed by atoms with E-state index in [0.717, 1.165) is 21.6 Å². The van der Waals surface area contributed by atoms with Gasteiger partial charge in [-0.05, 0) is 69.9 Å². The van der Waals surface area contributed by atoms with Gasteiger partial charge < -0.3 is 31.1 Å². The van der Waals surface area contributed by atoms with Gasteiger partial charge in [0.2, 0.25) is 11.8 Å². The Morgan fingerprint density at radius 1 is 0.974 bits per heavy atom. The van der Waals surface area contributed by atoms with Gasteiger partial charge in [-0.1, -0.05) is 36.4 Å². The van der Waals surface area contributed by atoms with Crippen molar-refractivity contribution in [2.45, 2.75) is 65.6 Å². The van der Waals surface area contributed by atoms with Gasteiger partial charge in [0, 0.05) is 12.2 Å². The van der Waals surface area contributed by atoms with Crippen molar-refractivity contribution in [2.75, 3.05) is 18.5 Å². The predicted octanol–water partition coefficient (Wildman–Crippen LogP) is 2.88. The van der Waals surface area contributed by atoms with Gasteiger partial charge in [0.05, 0.1) is 13.0 Å². The summed E-state index contributed by atoms with van der Waals surface area (Å²) >= 11 is 0. The Kier molecular flexibility index (Phi) is 10.4. The number of para-hydroxylation sites is 1. The number of aliphatic hydroxyl groups excluding tert-OH is 1. The fraction of sp³-hybridized carbons (Fsp3) is 0.429. The molecule has 0 spiro atoms. The minimum Gasteiger partial charge on any atom is -0.444 e. The van der Waals surface area contributed by atoms with Crippen LogP contribution in [0, 0.1) is 20.8 Å². The monoisotopic (exact) mass is 526 g/mol. The number of primary amides is 1. The van der Waals surface area contributed by atoms with E-state index in [4.69, 9.17) is 10.5 Å². The number of carbonyl (C=O) groups excluding carboxylic acids is 4. The number of rotatable bonds is 10. The van der Waals surface area contributed by atoms with Crippen LogP contribution in [0.5, 0.6) is 0 Å². The van der Waals surface area contributed by atoms with Crippen LogP contribution in [0.2, 0.25) is 0 Å². The number of hydrogen-bond acceptors (Lipinski definition) is 6. The molecule has 2 rings (SSSR count). The molecule has 2 unspecified atom stereocenters. The maximum absolute atomic E-state index is 13.9. The summed E-state index contributed by atoms with van der Waals surface area (Å²) in [5.41, 5.74) is 7.97. The van der Waals surface area contributed by atoms with Crippen LogP contribution in [-0.2, 0) is 19.1 Å². The lowest BCUT2D eigenvalue weighted by atomic mass is 9.93. The molecule has 0 aromatic heterocycles. The van der Waals surface area contributed by atoms with Crippen molar-refractivity contribution < 1.29 is 29.0 Å². The average molecular weight is 527 g/mol. The van der Waals surface area contributed by atoms with Crippen LogP contribution in [0.3, 0.4) is 0 Å². The Morgan fingerprint density at radius 2 is 1.55 bits per heavy atom. The van der Waals surface area contributed by atoms with Gasteiger partial charge in [0.15, 0.2) is 0 Å². The number of alkyl carbamates (subject to hydrolysis) is 1. The molecule has 0 aliphatic heterocycles. The minimum absolute atomic E-state index is 0.246.